The summed E-state index contributed by atoms with van der Waals surface area (Å²) in [6.45, 7) is 8.26. The molecule has 3 aromatic rings. The van der Waals surface area contributed by atoms with Crippen LogP contribution in [0.15, 0.2) is 47.0 Å². The Morgan fingerprint density at radius 2 is 1.72 bits per heavy atom. The molecule has 0 spiro atoms. The van der Waals surface area contributed by atoms with Crippen LogP contribution >= 0.6 is 0 Å². The zero-order chi connectivity index (χ0) is 18.0. The van der Waals surface area contributed by atoms with Crippen molar-refractivity contribution >= 4 is 11.7 Å². The van der Waals surface area contributed by atoms with Crippen molar-refractivity contribution in [3.8, 4) is 0 Å². The van der Waals surface area contributed by atoms with E-state index >= 15 is 0 Å². The Hall–Kier alpha value is -2.88. The molecule has 0 unspecified atom stereocenters. The molecule has 0 radical (unpaired) electrons. The van der Waals surface area contributed by atoms with Crippen LogP contribution in [0.5, 0.6) is 0 Å². The minimum Gasteiger partial charge on any atom is -0.456 e. The van der Waals surface area contributed by atoms with Crippen LogP contribution < -0.4 is 5.32 Å². The van der Waals surface area contributed by atoms with Gasteiger partial charge in [-0.15, -0.1) is 0 Å². The molecule has 0 bridgehead atoms. The lowest BCUT2D eigenvalue weighted by atomic mass is 9.97. The summed E-state index contributed by atoms with van der Waals surface area (Å²) in [6.07, 6.45) is 2.34. The molecule has 4 heteroatoms. The molecule has 0 atom stereocenters. The number of rotatable bonds is 4. The number of aromatic nitrogens is 1. The monoisotopic (exact) mass is 334 g/mol. The van der Waals surface area contributed by atoms with Gasteiger partial charge in [0.1, 0.15) is 11.6 Å². The van der Waals surface area contributed by atoms with E-state index < -0.39 is 0 Å². The van der Waals surface area contributed by atoms with Crippen molar-refractivity contribution in [2.75, 3.05) is 5.32 Å². The minimum absolute atomic E-state index is 0.290. The SMILES string of the molecule is Cc1ccnc(NC(=O)c2ccc(Cc3c(C)cc(C)cc3C)o2)c1. The van der Waals surface area contributed by atoms with E-state index in [9.17, 15) is 4.79 Å². The number of furan rings is 1. The molecule has 0 saturated carbocycles. The van der Waals surface area contributed by atoms with Crippen molar-refractivity contribution in [1.82, 2.24) is 4.98 Å². The lowest BCUT2D eigenvalue weighted by Gasteiger charge is -2.10. The summed E-state index contributed by atoms with van der Waals surface area (Å²) in [5.74, 6) is 1.30. The molecule has 0 saturated heterocycles. The number of carbonyl (C=O) groups excluding carboxylic acids is 1. The first-order valence-electron chi connectivity index (χ1n) is 8.32. The van der Waals surface area contributed by atoms with Gasteiger partial charge in [0.05, 0.1) is 0 Å². The van der Waals surface area contributed by atoms with Gasteiger partial charge < -0.3 is 9.73 Å². The maximum Gasteiger partial charge on any atom is 0.292 e. The van der Waals surface area contributed by atoms with Gasteiger partial charge in [-0.05, 0) is 74.2 Å². The molecule has 0 fully saturated rings. The van der Waals surface area contributed by atoms with Crippen molar-refractivity contribution in [2.45, 2.75) is 34.1 Å². The highest BCUT2D eigenvalue weighted by Gasteiger charge is 2.14. The van der Waals surface area contributed by atoms with E-state index in [1.54, 1.807) is 12.3 Å². The van der Waals surface area contributed by atoms with Gasteiger partial charge in [-0.3, -0.25) is 4.79 Å². The number of hydrogen-bond acceptors (Lipinski definition) is 3. The summed E-state index contributed by atoms with van der Waals surface area (Å²) in [5.41, 5.74) is 6.01. The Morgan fingerprint density at radius 1 is 1.00 bits per heavy atom. The van der Waals surface area contributed by atoms with Crippen LogP contribution in [0.1, 0.15) is 44.1 Å². The third-order valence-corrected chi connectivity index (χ3v) is 4.23. The standard InChI is InChI=1S/C21H22N2O2/c1-13-7-8-22-20(11-13)23-21(24)19-6-5-17(25-19)12-18-15(3)9-14(2)10-16(18)4/h5-11H,12H2,1-4H3,(H,22,23,24). The third-order valence-electron chi connectivity index (χ3n) is 4.23. The topological polar surface area (TPSA) is 55.1 Å². The zero-order valence-electron chi connectivity index (χ0n) is 15.0. The number of hydrogen-bond donors (Lipinski definition) is 1. The number of amides is 1. The molecule has 2 aromatic heterocycles. The van der Waals surface area contributed by atoms with Crippen molar-refractivity contribution in [3.05, 3.63) is 81.9 Å². The van der Waals surface area contributed by atoms with Crippen LogP contribution in [0.2, 0.25) is 0 Å². The Labute approximate surface area is 147 Å². The van der Waals surface area contributed by atoms with E-state index in [0.29, 0.717) is 18.0 Å². The largest absolute Gasteiger partial charge is 0.456 e. The fourth-order valence-corrected chi connectivity index (χ4v) is 3.04. The second-order valence-corrected chi connectivity index (χ2v) is 6.49. The van der Waals surface area contributed by atoms with Crippen LogP contribution in [0, 0.1) is 27.7 Å². The van der Waals surface area contributed by atoms with Gasteiger partial charge in [0.15, 0.2) is 5.76 Å². The molecule has 0 aliphatic heterocycles. The summed E-state index contributed by atoms with van der Waals surface area (Å²) in [5, 5.41) is 2.76. The van der Waals surface area contributed by atoms with E-state index in [-0.39, 0.29) is 5.91 Å². The number of carbonyl (C=O) groups is 1. The lowest BCUT2D eigenvalue weighted by Crippen LogP contribution is -2.12. The van der Waals surface area contributed by atoms with Gasteiger partial charge in [0, 0.05) is 12.6 Å². The number of nitrogens with zero attached hydrogens (tertiary/aromatic N) is 1. The van der Waals surface area contributed by atoms with E-state index in [0.717, 1.165) is 11.3 Å². The van der Waals surface area contributed by atoms with Crippen molar-refractivity contribution < 1.29 is 9.21 Å². The van der Waals surface area contributed by atoms with E-state index in [1.165, 1.54) is 22.3 Å². The minimum atomic E-state index is -0.290. The maximum absolute atomic E-state index is 12.3. The molecule has 1 aromatic carbocycles. The lowest BCUT2D eigenvalue weighted by molar-refractivity contribution is 0.0994. The van der Waals surface area contributed by atoms with Crippen LogP contribution in [-0.4, -0.2) is 10.9 Å². The fraction of sp³-hybridized carbons (Fsp3) is 0.238. The molecule has 25 heavy (non-hydrogen) atoms. The van der Waals surface area contributed by atoms with E-state index in [1.807, 2.05) is 25.1 Å². The number of anilines is 1. The number of aryl methyl sites for hydroxylation is 4. The third kappa shape index (κ3) is 3.97. The Bertz CT molecular complexity index is 902. The molecular formula is C21H22N2O2. The average Bonchev–Trinajstić information content (AvgIpc) is 2.99. The van der Waals surface area contributed by atoms with Crippen LogP contribution in [-0.2, 0) is 6.42 Å². The Balaban J connectivity index is 1.75. The highest BCUT2D eigenvalue weighted by Crippen LogP contribution is 2.21. The van der Waals surface area contributed by atoms with Crippen molar-refractivity contribution in [3.63, 3.8) is 0 Å². The predicted molar refractivity (Wildman–Crippen MR) is 99.1 cm³/mol. The molecule has 0 aliphatic carbocycles. The molecule has 1 N–H and O–H groups in total. The molecule has 4 nitrogen and oxygen atoms in total. The first kappa shape index (κ1) is 17.0. The molecular weight excluding hydrogens is 312 g/mol. The van der Waals surface area contributed by atoms with Crippen LogP contribution in [0.4, 0.5) is 5.82 Å². The second-order valence-electron chi connectivity index (χ2n) is 6.49. The van der Waals surface area contributed by atoms with Gasteiger partial charge in [0.2, 0.25) is 0 Å². The Morgan fingerprint density at radius 3 is 2.40 bits per heavy atom. The Kier molecular flexibility index (Phi) is 4.70. The average molecular weight is 334 g/mol. The molecule has 0 aliphatic rings. The van der Waals surface area contributed by atoms with Crippen molar-refractivity contribution in [1.29, 1.82) is 0 Å². The first-order chi connectivity index (χ1) is 11.9. The number of benzene rings is 1. The second kappa shape index (κ2) is 6.93. The summed E-state index contributed by atoms with van der Waals surface area (Å²) < 4.78 is 5.75. The number of pyridine rings is 1. The van der Waals surface area contributed by atoms with Crippen LogP contribution in [0.3, 0.4) is 0 Å². The molecule has 128 valence electrons. The maximum atomic E-state index is 12.3. The molecule has 3 rings (SSSR count). The fourth-order valence-electron chi connectivity index (χ4n) is 3.04. The van der Waals surface area contributed by atoms with Gasteiger partial charge in [-0.1, -0.05) is 17.7 Å². The van der Waals surface area contributed by atoms with Crippen molar-refractivity contribution in [2.24, 2.45) is 0 Å². The predicted octanol–water partition coefficient (Wildman–Crippen LogP) is 4.75. The van der Waals surface area contributed by atoms with E-state index in [4.69, 9.17) is 4.42 Å². The number of nitrogens with one attached hydrogen (secondary N) is 1. The summed E-state index contributed by atoms with van der Waals surface area (Å²) in [4.78, 5) is 16.5. The molecule has 2 heterocycles. The zero-order valence-corrected chi connectivity index (χ0v) is 15.0. The van der Waals surface area contributed by atoms with Gasteiger partial charge in [0.25, 0.3) is 5.91 Å². The molecule has 1 amide bonds. The van der Waals surface area contributed by atoms with Crippen LogP contribution in [0.25, 0.3) is 0 Å². The van der Waals surface area contributed by atoms with Gasteiger partial charge >= 0.3 is 0 Å². The first-order valence-corrected chi connectivity index (χ1v) is 8.32. The summed E-state index contributed by atoms with van der Waals surface area (Å²) >= 11 is 0. The highest BCUT2D eigenvalue weighted by atomic mass is 16.3. The smallest absolute Gasteiger partial charge is 0.292 e. The highest BCUT2D eigenvalue weighted by molar-refractivity contribution is 6.01. The quantitative estimate of drug-likeness (QED) is 0.749. The van der Waals surface area contributed by atoms with Gasteiger partial charge in [-0.2, -0.15) is 0 Å². The van der Waals surface area contributed by atoms with Gasteiger partial charge in [-0.25, -0.2) is 4.98 Å². The normalized spacial score (nSPS) is 10.7. The van der Waals surface area contributed by atoms with E-state index in [2.05, 4.69) is 43.2 Å². The summed E-state index contributed by atoms with van der Waals surface area (Å²) in [7, 11) is 0. The summed E-state index contributed by atoms with van der Waals surface area (Å²) in [6, 6.07) is 11.6.